The fourth-order valence-corrected chi connectivity index (χ4v) is 5.30. The summed E-state index contributed by atoms with van der Waals surface area (Å²) in [6.45, 7) is 6.42. The van der Waals surface area contributed by atoms with Crippen LogP contribution in [0.15, 0.2) is 60.7 Å². The molecule has 2 aliphatic rings. The lowest BCUT2D eigenvalue weighted by molar-refractivity contribution is -0.132. The summed E-state index contributed by atoms with van der Waals surface area (Å²) in [7, 11) is 0. The van der Waals surface area contributed by atoms with Crippen molar-refractivity contribution in [2.75, 3.05) is 18.8 Å². The van der Waals surface area contributed by atoms with Gasteiger partial charge in [0, 0.05) is 37.7 Å². The van der Waals surface area contributed by atoms with Crippen molar-refractivity contribution in [3.63, 3.8) is 0 Å². The first-order valence-corrected chi connectivity index (χ1v) is 15.9. The molecule has 2 aliphatic heterocycles. The average molecular weight is 645 g/mol. The maximum atomic E-state index is 13.7. The van der Waals surface area contributed by atoms with Crippen LogP contribution < -0.4 is 27.0 Å². The van der Waals surface area contributed by atoms with Gasteiger partial charge in [-0.3, -0.25) is 29.1 Å². The first-order chi connectivity index (χ1) is 22.5. The molecule has 2 aromatic carbocycles. The highest BCUT2D eigenvalue weighted by molar-refractivity contribution is 5.99. The molecule has 47 heavy (non-hydrogen) atoms. The van der Waals surface area contributed by atoms with E-state index >= 15 is 0 Å². The minimum Gasteiger partial charge on any atom is -0.382 e. The van der Waals surface area contributed by atoms with Crippen molar-refractivity contribution in [2.45, 2.75) is 71.1 Å². The fraction of sp³-hybridized carbons (Fsp3) is 0.412. The standard InChI is InChI=1S/C34H44N8O5/c1-21(2)17-26-32(45)37-22(3)30(43)36-15-7-8-16-42(34(47)28-19-29(35)41-40-28)20-24-11-13-25(14-12-24)31(44)38-27(33(46)39-26)18-23-9-5-4-6-10-23/h4-6,9-14,19,21-22,26-27H,7-8,15-18,20H2,1-3H3,(H,36,43)(H,37,45)(H,38,44)(H,39,46)(H3,35,40,41)/t22-,26+,27-/m1/s1. The third-order valence-electron chi connectivity index (χ3n) is 7.86. The molecule has 1 aromatic heterocycles. The number of nitrogens with two attached hydrogens (primary N) is 1. The Labute approximate surface area is 274 Å². The molecular weight excluding hydrogens is 600 g/mol. The third-order valence-corrected chi connectivity index (χ3v) is 7.86. The Balaban J connectivity index is 1.62. The second-order valence-corrected chi connectivity index (χ2v) is 12.3. The van der Waals surface area contributed by atoms with E-state index in [2.05, 4.69) is 31.5 Å². The lowest BCUT2D eigenvalue weighted by Crippen LogP contribution is -2.57. The van der Waals surface area contributed by atoms with Gasteiger partial charge in [0.05, 0.1) is 0 Å². The van der Waals surface area contributed by atoms with Crippen LogP contribution in [0.4, 0.5) is 5.82 Å². The van der Waals surface area contributed by atoms with E-state index in [4.69, 9.17) is 5.73 Å². The number of amides is 5. The maximum absolute atomic E-state index is 13.7. The van der Waals surface area contributed by atoms with Crippen molar-refractivity contribution < 1.29 is 24.0 Å². The molecule has 250 valence electrons. The fourth-order valence-electron chi connectivity index (χ4n) is 5.30. The molecule has 0 unspecified atom stereocenters. The second-order valence-electron chi connectivity index (χ2n) is 12.3. The summed E-state index contributed by atoms with van der Waals surface area (Å²) in [6.07, 6.45) is 1.69. The van der Waals surface area contributed by atoms with Gasteiger partial charge in [-0.15, -0.1) is 0 Å². The summed E-state index contributed by atoms with van der Waals surface area (Å²) in [5.41, 5.74) is 7.92. The van der Waals surface area contributed by atoms with E-state index in [9.17, 15) is 24.0 Å². The molecule has 0 saturated heterocycles. The van der Waals surface area contributed by atoms with Gasteiger partial charge in [-0.25, -0.2) is 0 Å². The Kier molecular flexibility index (Phi) is 12.1. The zero-order valence-electron chi connectivity index (χ0n) is 27.0. The van der Waals surface area contributed by atoms with E-state index < -0.39 is 35.8 Å². The van der Waals surface area contributed by atoms with Crippen LogP contribution >= 0.6 is 0 Å². The summed E-state index contributed by atoms with van der Waals surface area (Å²) in [6, 6.07) is 14.8. The van der Waals surface area contributed by atoms with E-state index in [1.54, 1.807) is 36.1 Å². The normalized spacial score (nSPS) is 20.5. The number of hydrogen-bond acceptors (Lipinski definition) is 7. The van der Waals surface area contributed by atoms with E-state index in [0.29, 0.717) is 37.9 Å². The number of aromatic nitrogens is 2. The molecular formula is C34H44N8O5. The molecule has 3 heterocycles. The molecule has 13 nitrogen and oxygen atoms in total. The van der Waals surface area contributed by atoms with Crippen molar-refractivity contribution in [2.24, 2.45) is 5.92 Å². The van der Waals surface area contributed by atoms with Gasteiger partial charge in [0.2, 0.25) is 17.7 Å². The first-order valence-electron chi connectivity index (χ1n) is 15.9. The number of rotatable bonds is 5. The number of H-pyrrole nitrogens is 1. The molecule has 0 radical (unpaired) electrons. The number of carbonyl (C=O) groups is 5. The predicted octanol–water partition coefficient (Wildman–Crippen LogP) is 1.92. The van der Waals surface area contributed by atoms with Gasteiger partial charge in [0.15, 0.2) is 0 Å². The van der Waals surface area contributed by atoms with E-state index in [0.717, 1.165) is 11.1 Å². The third kappa shape index (κ3) is 10.1. The number of carbonyl (C=O) groups excluding carboxylic acids is 5. The van der Waals surface area contributed by atoms with Crippen molar-refractivity contribution in [1.29, 1.82) is 0 Å². The zero-order chi connectivity index (χ0) is 33.9. The monoisotopic (exact) mass is 644 g/mol. The Bertz CT molecular complexity index is 1540. The topological polar surface area (TPSA) is 191 Å². The van der Waals surface area contributed by atoms with E-state index in [1.165, 1.54) is 6.07 Å². The van der Waals surface area contributed by atoms with Crippen LogP contribution in [0.3, 0.4) is 0 Å². The molecule has 0 spiro atoms. The molecule has 0 aliphatic carbocycles. The summed E-state index contributed by atoms with van der Waals surface area (Å²) in [5, 5.41) is 17.8. The van der Waals surface area contributed by atoms with Gasteiger partial charge in [-0.1, -0.05) is 56.3 Å². The minimum atomic E-state index is -0.989. The zero-order valence-corrected chi connectivity index (χ0v) is 27.0. The van der Waals surface area contributed by atoms with Crippen molar-refractivity contribution >= 4 is 35.4 Å². The smallest absolute Gasteiger partial charge is 0.272 e. The Hall–Kier alpha value is -5.20. The molecule has 5 rings (SSSR count). The van der Waals surface area contributed by atoms with Crippen LogP contribution in [0.2, 0.25) is 0 Å². The number of nitrogen functional groups attached to an aromatic ring is 1. The number of benzene rings is 2. The Morgan fingerprint density at radius 1 is 0.915 bits per heavy atom. The van der Waals surface area contributed by atoms with E-state index in [1.807, 2.05) is 44.2 Å². The Morgan fingerprint density at radius 3 is 2.28 bits per heavy atom. The number of fused-ring (bicyclic) bond motifs is 18. The van der Waals surface area contributed by atoms with Crippen LogP contribution in [0.1, 0.15) is 72.0 Å². The number of nitrogens with zero attached hydrogens (tertiary/aromatic N) is 2. The quantitative estimate of drug-likeness (QED) is 0.229. The lowest BCUT2D eigenvalue weighted by Gasteiger charge is -2.25. The summed E-state index contributed by atoms with van der Waals surface area (Å²) < 4.78 is 0. The highest BCUT2D eigenvalue weighted by Gasteiger charge is 2.29. The first kappa shape index (κ1) is 34.7. The van der Waals surface area contributed by atoms with Gasteiger partial charge in [-0.05, 0) is 55.4 Å². The molecule has 2 bridgehead atoms. The second kappa shape index (κ2) is 16.4. The van der Waals surface area contributed by atoms with Crippen molar-refractivity contribution in [1.82, 2.24) is 36.4 Å². The lowest BCUT2D eigenvalue weighted by atomic mass is 10.0. The van der Waals surface area contributed by atoms with E-state index in [-0.39, 0.29) is 42.2 Å². The van der Waals surface area contributed by atoms with Gasteiger partial charge >= 0.3 is 0 Å². The SMILES string of the molecule is CC(C)C[C@@H]1NC(=O)[C@@H](Cc2ccccc2)NC(=O)c2ccc(cc2)CN(C(=O)c2cc(N)n[nH]2)CCCCNC(=O)[C@@H](C)NC1=O. The minimum absolute atomic E-state index is 0.0578. The number of hydrogen-bond donors (Lipinski definition) is 6. The highest BCUT2D eigenvalue weighted by Crippen LogP contribution is 2.14. The highest BCUT2D eigenvalue weighted by atomic mass is 16.2. The van der Waals surface area contributed by atoms with Gasteiger partial charge < -0.3 is 31.9 Å². The largest absolute Gasteiger partial charge is 0.382 e. The van der Waals surface area contributed by atoms with Crippen molar-refractivity contribution in [3.8, 4) is 0 Å². The van der Waals surface area contributed by atoms with Crippen molar-refractivity contribution in [3.05, 3.63) is 83.0 Å². The average Bonchev–Trinajstić information content (AvgIpc) is 3.49. The number of nitrogens with one attached hydrogen (secondary N) is 5. The number of anilines is 1. The molecule has 5 amide bonds. The molecule has 3 aromatic rings. The molecule has 7 N–H and O–H groups in total. The van der Waals surface area contributed by atoms with Gasteiger partial charge in [0.25, 0.3) is 11.8 Å². The maximum Gasteiger partial charge on any atom is 0.272 e. The van der Waals surface area contributed by atoms with Crippen LogP contribution in [0, 0.1) is 5.92 Å². The molecule has 3 atom stereocenters. The van der Waals surface area contributed by atoms with Gasteiger partial charge in [-0.2, -0.15) is 5.10 Å². The van der Waals surface area contributed by atoms with Gasteiger partial charge in [0.1, 0.15) is 29.6 Å². The summed E-state index contributed by atoms with van der Waals surface area (Å²) >= 11 is 0. The van der Waals surface area contributed by atoms with Crippen LogP contribution in [0.25, 0.3) is 0 Å². The number of aromatic amines is 1. The summed E-state index contributed by atoms with van der Waals surface area (Å²) in [4.78, 5) is 68.3. The van der Waals surface area contributed by atoms with Crippen LogP contribution in [-0.2, 0) is 27.3 Å². The van der Waals surface area contributed by atoms with Crippen LogP contribution in [-0.4, -0.2) is 75.8 Å². The molecule has 13 heteroatoms. The summed E-state index contributed by atoms with van der Waals surface area (Å²) in [5.74, 6) is -1.87. The van der Waals surface area contributed by atoms with Crippen LogP contribution in [0.5, 0.6) is 0 Å². The molecule has 0 fully saturated rings. The predicted molar refractivity (Wildman–Crippen MR) is 177 cm³/mol. The Morgan fingerprint density at radius 2 is 1.62 bits per heavy atom. The molecule has 0 saturated carbocycles.